The van der Waals surface area contributed by atoms with Crippen molar-refractivity contribution in [3.8, 4) is 17.2 Å². The number of piperazine rings is 1. The van der Waals surface area contributed by atoms with Gasteiger partial charge in [-0.2, -0.15) is 4.31 Å². The molecule has 2 heterocycles. The highest BCUT2D eigenvalue weighted by atomic mass is 32.2. The Morgan fingerprint density at radius 3 is 2.60 bits per heavy atom. The van der Waals surface area contributed by atoms with E-state index in [1.807, 2.05) is 49.4 Å². The second-order valence-corrected chi connectivity index (χ2v) is 10.6. The van der Waals surface area contributed by atoms with Crippen molar-refractivity contribution >= 4 is 21.5 Å². The highest BCUT2D eigenvalue weighted by Crippen LogP contribution is 2.39. The van der Waals surface area contributed by atoms with E-state index in [1.54, 1.807) is 14.0 Å². The predicted molar refractivity (Wildman–Crippen MR) is 132 cm³/mol. The maximum absolute atomic E-state index is 14.1. The molecule has 0 aromatic heterocycles. The fourth-order valence-corrected chi connectivity index (χ4v) is 6.05. The first kappa shape index (κ1) is 23.3. The first-order chi connectivity index (χ1) is 16.8. The zero-order valence-corrected chi connectivity index (χ0v) is 20.5. The molecule has 0 unspecified atom stereocenters. The molecule has 0 bridgehead atoms. The molecular formula is C26H26FN3O4S. The van der Waals surface area contributed by atoms with Gasteiger partial charge in [0, 0.05) is 25.7 Å². The third kappa shape index (κ3) is 4.26. The Morgan fingerprint density at radius 2 is 1.86 bits per heavy atom. The molecule has 0 aliphatic carbocycles. The van der Waals surface area contributed by atoms with Gasteiger partial charge in [0.15, 0.2) is 5.75 Å². The highest BCUT2D eigenvalue weighted by Gasteiger charge is 2.36. The quantitative estimate of drug-likeness (QED) is 0.526. The number of aryl methyl sites for hydroxylation is 1. The van der Waals surface area contributed by atoms with Crippen molar-refractivity contribution in [2.24, 2.45) is 4.99 Å². The molecule has 0 radical (unpaired) electrons. The van der Waals surface area contributed by atoms with Crippen LogP contribution in [0.5, 0.6) is 17.2 Å². The number of fused-ring (bicyclic) bond motifs is 2. The van der Waals surface area contributed by atoms with E-state index in [9.17, 15) is 12.8 Å². The molecule has 3 aromatic rings. The number of halogens is 1. The van der Waals surface area contributed by atoms with Crippen LogP contribution in [0.25, 0.3) is 0 Å². The number of methoxy groups -OCH3 is 1. The Labute approximate surface area is 204 Å². The summed E-state index contributed by atoms with van der Waals surface area (Å²) in [7, 11) is -2.25. The third-order valence-electron chi connectivity index (χ3n) is 6.36. The molecule has 7 nitrogen and oxygen atoms in total. The van der Waals surface area contributed by atoms with Crippen LogP contribution in [0.15, 0.2) is 70.6 Å². The standard InChI is InChI=1S/C26H26FN3O4S/c1-17-8-10-20(15-22(17)27)35(31,32)30-13-12-29(16-18(30)2)26-21-14-19(33-3)9-11-24(21)34-25-7-5-4-6-23(25)28-26/h4-11,14-15,18H,12-13,16H2,1-3H3/t18-/m1/s1. The van der Waals surface area contributed by atoms with Crippen molar-refractivity contribution in [3.05, 3.63) is 77.6 Å². The summed E-state index contributed by atoms with van der Waals surface area (Å²) in [6.45, 7) is 4.51. The Morgan fingerprint density at radius 1 is 1.06 bits per heavy atom. The predicted octanol–water partition coefficient (Wildman–Crippen LogP) is 4.72. The lowest BCUT2D eigenvalue weighted by atomic mass is 10.1. The summed E-state index contributed by atoms with van der Waals surface area (Å²) in [5.74, 6) is 2.11. The molecule has 9 heteroatoms. The normalized spacial score (nSPS) is 18.1. The molecule has 0 amide bonds. The number of benzene rings is 3. The third-order valence-corrected chi connectivity index (χ3v) is 8.36. The number of sulfonamides is 1. The van der Waals surface area contributed by atoms with E-state index in [-0.39, 0.29) is 17.5 Å². The van der Waals surface area contributed by atoms with E-state index >= 15 is 0 Å². The van der Waals surface area contributed by atoms with Gasteiger partial charge in [0.05, 0.1) is 17.6 Å². The minimum absolute atomic E-state index is 0.0369. The Kier molecular flexibility index (Phi) is 5.98. The number of hydrogen-bond donors (Lipinski definition) is 0. The van der Waals surface area contributed by atoms with Crippen LogP contribution in [0, 0.1) is 12.7 Å². The molecular weight excluding hydrogens is 469 g/mol. The summed E-state index contributed by atoms with van der Waals surface area (Å²) in [6, 6.07) is 16.8. The van der Waals surface area contributed by atoms with Gasteiger partial charge < -0.3 is 14.4 Å². The minimum Gasteiger partial charge on any atom is -0.497 e. The Hall–Kier alpha value is -3.43. The fraction of sp³-hybridized carbons (Fsp3) is 0.269. The van der Waals surface area contributed by atoms with Crippen LogP contribution in [0.1, 0.15) is 18.1 Å². The molecule has 0 N–H and O–H groups in total. The van der Waals surface area contributed by atoms with E-state index in [0.29, 0.717) is 47.4 Å². The maximum Gasteiger partial charge on any atom is 0.243 e. The molecule has 5 rings (SSSR count). The van der Waals surface area contributed by atoms with Crippen molar-refractivity contribution in [3.63, 3.8) is 0 Å². The van der Waals surface area contributed by atoms with Gasteiger partial charge in [0.2, 0.25) is 10.0 Å². The fourth-order valence-electron chi connectivity index (χ4n) is 4.43. The number of nitrogens with zero attached hydrogens (tertiary/aromatic N) is 3. The van der Waals surface area contributed by atoms with E-state index < -0.39 is 15.8 Å². The van der Waals surface area contributed by atoms with Crippen LogP contribution < -0.4 is 9.47 Å². The van der Waals surface area contributed by atoms with E-state index in [0.717, 1.165) is 11.6 Å². The van der Waals surface area contributed by atoms with Crippen LogP contribution in [0.3, 0.4) is 0 Å². The van der Waals surface area contributed by atoms with Crippen LogP contribution in [-0.4, -0.2) is 56.2 Å². The summed E-state index contributed by atoms with van der Waals surface area (Å²) < 4.78 is 53.8. The molecule has 0 spiro atoms. The summed E-state index contributed by atoms with van der Waals surface area (Å²) in [5, 5.41) is 0. The molecule has 182 valence electrons. The first-order valence-corrected chi connectivity index (χ1v) is 12.8. The summed E-state index contributed by atoms with van der Waals surface area (Å²) in [5.41, 5.74) is 1.87. The molecule has 2 aliphatic rings. The van der Waals surface area contributed by atoms with Gasteiger partial charge in [-0.15, -0.1) is 0 Å². The molecule has 3 aromatic carbocycles. The van der Waals surface area contributed by atoms with Gasteiger partial charge in [-0.05, 0) is 61.9 Å². The van der Waals surface area contributed by atoms with Crippen molar-refractivity contribution in [2.75, 3.05) is 26.7 Å². The summed E-state index contributed by atoms with van der Waals surface area (Å²) >= 11 is 0. The second-order valence-electron chi connectivity index (χ2n) is 8.69. The molecule has 1 saturated heterocycles. The van der Waals surface area contributed by atoms with E-state index in [2.05, 4.69) is 4.90 Å². The highest BCUT2D eigenvalue weighted by molar-refractivity contribution is 7.89. The number of amidine groups is 1. The average molecular weight is 496 g/mol. The summed E-state index contributed by atoms with van der Waals surface area (Å²) in [6.07, 6.45) is 0. The van der Waals surface area contributed by atoms with Crippen molar-refractivity contribution in [2.45, 2.75) is 24.8 Å². The number of ether oxygens (including phenoxy) is 2. The second kappa shape index (κ2) is 8.98. The van der Waals surface area contributed by atoms with Crippen LogP contribution in [-0.2, 0) is 10.0 Å². The lowest BCUT2D eigenvalue weighted by Crippen LogP contribution is -2.55. The molecule has 35 heavy (non-hydrogen) atoms. The van der Waals surface area contributed by atoms with Gasteiger partial charge in [-0.1, -0.05) is 18.2 Å². The minimum atomic E-state index is -3.85. The van der Waals surface area contributed by atoms with Crippen molar-refractivity contribution < 1.29 is 22.3 Å². The number of aliphatic imine (C=N–C) groups is 1. The van der Waals surface area contributed by atoms with Gasteiger partial charge in [-0.3, -0.25) is 0 Å². The number of para-hydroxylation sites is 2. The lowest BCUT2D eigenvalue weighted by Gasteiger charge is -2.40. The van der Waals surface area contributed by atoms with Crippen LogP contribution in [0.2, 0.25) is 0 Å². The van der Waals surface area contributed by atoms with E-state index in [1.165, 1.54) is 16.4 Å². The zero-order chi connectivity index (χ0) is 24.7. The zero-order valence-electron chi connectivity index (χ0n) is 19.7. The van der Waals surface area contributed by atoms with Crippen LogP contribution >= 0.6 is 0 Å². The van der Waals surface area contributed by atoms with Crippen molar-refractivity contribution in [1.82, 2.24) is 9.21 Å². The first-order valence-electron chi connectivity index (χ1n) is 11.3. The SMILES string of the molecule is COc1ccc2c(c1)C(N1CCN(S(=O)(=O)c3ccc(C)c(F)c3)[C@H](C)C1)=Nc1ccccc1O2. The average Bonchev–Trinajstić information content (AvgIpc) is 3.01. The van der Waals surface area contributed by atoms with Gasteiger partial charge in [0.25, 0.3) is 0 Å². The Bertz CT molecular complexity index is 1420. The monoisotopic (exact) mass is 495 g/mol. The molecule has 1 fully saturated rings. The smallest absolute Gasteiger partial charge is 0.243 e. The maximum atomic E-state index is 14.1. The van der Waals surface area contributed by atoms with Gasteiger partial charge in [0.1, 0.15) is 28.8 Å². The number of hydrogen-bond acceptors (Lipinski definition) is 6. The molecule has 2 aliphatic heterocycles. The Balaban J connectivity index is 1.49. The number of rotatable bonds is 3. The summed E-state index contributed by atoms with van der Waals surface area (Å²) in [4.78, 5) is 6.95. The van der Waals surface area contributed by atoms with Crippen molar-refractivity contribution in [1.29, 1.82) is 0 Å². The largest absolute Gasteiger partial charge is 0.497 e. The topological polar surface area (TPSA) is 71.4 Å². The van der Waals surface area contributed by atoms with Gasteiger partial charge in [-0.25, -0.2) is 17.8 Å². The molecule has 0 saturated carbocycles. The van der Waals surface area contributed by atoms with Crippen LogP contribution in [0.4, 0.5) is 10.1 Å². The molecule has 1 atom stereocenters. The van der Waals surface area contributed by atoms with E-state index in [4.69, 9.17) is 14.5 Å². The van der Waals surface area contributed by atoms with Gasteiger partial charge >= 0.3 is 0 Å². The lowest BCUT2D eigenvalue weighted by molar-refractivity contribution is 0.205.